The van der Waals surface area contributed by atoms with Gasteiger partial charge in [0, 0.05) is 19.3 Å². The molecule has 2 N–H and O–H groups in total. The molecule has 1 heterocycles. The lowest BCUT2D eigenvalue weighted by Crippen LogP contribution is -2.31. The molecule has 2 rings (SSSR count). The highest BCUT2D eigenvalue weighted by molar-refractivity contribution is 4.80. The molecule has 0 aromatic carbocycles. The van der Waals surface area contributed by atoms with Crippen LogP contribution in [0.15, 0.2) is 0 Å². The standard InChI is InChI=1S/C11H21NO/c12-11-3-1-9(2-4-11)10-5-7-13-8-6-10/h9-11H,1-8,12H2. The number of ether oxygens (including phenoxy) is 1. The Morgan fingerprint density at radius 1 is 0.769 bits per heavy atom. The Balaban J connectivity index is 1.79. The fraction of sp³-hybridized carbons (Fsp3) is 1.00. The molecule has 0 amide bonds. The molecule has 0 aromatic heterocycles. The van der Waals surface area contributed by atoms with E-state index in [9.17, 15) is 0 Å². The van der Waals surface area contributed by atoms with E-state index < -0.39 is 0 Å². The van der Waals surface area contributed by atoms with Gasteiger partial charge in [-0.15, -0.1) is 0 Å². The molecule has 13 heavy (non-hydrogen) atoms. The Hall–Kier alpha value is -0.0800. The second-order valence-electron chi connectivity index (χ2n) is 4.62. The monoisotopic (exact) mass is 183 g/mol. The average molecular weight is 183 g/mol. The molecular formula is C11H21NO. The minimum absolute atomic E-state index is 0.496. The molecule has 76 valence electrons. The van der Waals surface area contributed by atoms with Crippen LogP contribution in [0, 0.1) is 11.8 Å². The number of rotatable bonds is 1. The summed E-state index contributed by atoms with van der Waals surface area (Å²) in [5.74, 6) is 1.91. The molecule has 0 unspecified atom stereocenters. The summed E-state index contributed by atoms with van der Waals surface area (Å²) in [6.45, 7) is 1.99. The smallest absolute Gasteiger partial charge is 0.0468 e. The molecule has 1 aliphatic heterocycles. The van der Waals surface area contributed by atoms with Crippen molar-refractivity contribution in [3.63, 3.8) is 0 Å². The fourth-order valence-electron chi connectivity index (χ4n) is 2.80. The summed E-state index contributed by atoms with van der Waals surface area (Å²) in [7, 11) is 0. The van der Waals surface area contributed by atoms with Crippen LogP contribution in [-0.4, -0.2) is 19.3 Å². The lowest BCUT2D eigenvalue weighted by Gasteiger charge is -2.34. The van der Waals surface area contributed by atoms with Crippen molar-refractivity contribution in [2.45, 2.75) is 44.6 Å². The minimum Gasteiger partial charge on any atom is -0.381 e. The van der Waals surface area contributed by atoms with Crippen molar-refractivity contribution in [1.29, 1.82) is 0 Å². The first-order chi connectivity index (χ1) is 6.36. The Morgan fingerprint density at radius 3 is 1.92 bits per heavy atom. The number of nitrogens with two attached hydrogens (primary N) is 1. The molecule has 2 heteroatoms. The van der Waals surface area contributed by atoms with Crippen LogP contribution in [0.4, 0.5) is 0 Å². The SMILES string of the molecule is NC1CCC(C2CCOCC2)CC1. The molecule has 1 saturated heterocycles. The van der Waals surface area contributed by atoms with Gasteiger partial charge in [-0.3, -0.25) is 0 Å². The van der Waals surface area contributed by atoms with E-state index in [0.29, 0.717) is 6.04 Å². The maximum absolute atomic E-state index is 5.90. The molecule has 0 bridgehead atoms. The largest absolute Gasteiger partial charge is 0.381 e. The van der Waals surface area contributed by atoms with Gasteiger partial charge >= 0.3 is 0 Å². The van der Waals surface area contributed by atoms with Gasteiger partial charge in [-0.1, -0.05) is 0 Å². The van der Waals surface area contributed by atoms with Gasteiger partial charge in [0.25, 0.3) is 0 Å². The van der Waals surface area contributed by atoms with Crippen LogP contribution >= 0.6 is 0 Å². The van der Waals surface area contributed by atoms with Gasteiger partial charge in [-0.25, -0.2) is 0 Å². The van der Waals surface area contributed by atoms with E-state index in [1.807, 2.05) is 0 Å². The maximum Gasteiger partial charge on any atom is 0.0468 e. The Bertz CT molecular complexity index is 146. The first-order valence-corrected chi connectivity index (χ1v) is 5.69. The lowest BCUT2D eigenvalue weighted by atomic mass is 9.75. The second-order valence-corrected chi connectivity index (χ2v) is 4.62. The fourth-order valence-corrected chi connectivity index (χ4v) is 2.80. The number of hydrogen-bond acceptors (Lipinski definition) is 2. The predicted molar refractivity (Wildman–Crippen MR) is 53.5 cm³/mol. The van der Waals surface area contributed by atoms with Crippen molar-refractivity contribution in [2.24, 2.45) is 17.6 Å². The highest BCUT2D eigenvalue weighted by Gasteiger charge is 2.27. The maximum atomic E-state index is 5.90. The van der Waals surface area contributed by atoms with E-state index in [-0.39, 0.29) is 0 Å². The van der Waals surface area contributed by atoms with E-state index in [4.69, 9.17) is 10.5 Å². The van der Waals surface area contributed by atoms with E-state index in [0.717, 1.165) is 25.0 Å². The normalized spacial score (nSPS) is 37.6. The summed E-state index contributed by atoms with van der Waals surface area (Å²) >= 11 is 0. The van der Waals surface area contributed by atoms with E-state index in [1.165, 1.54) is 38.5 Å². The van der Waals surface area contributed by atoms with Gasteiger partial charge in [0.05, 0.1) is 0 Å². The molecule has 0 radical (unpaired) electrons. The zero-order chi connectivity index (χ0) is 9.10. The molecule has 0 atom stereocenters. The average Bonchev–Trinajstić information content (AvgIpc) is 2.20. The zero-order valence-corrected chi connectivity index (χ0v) is 8.37. The zero-order valence-electron chi connectivity index (χ0n) is 8.37. The van der Waals surface area contributed by atoms with Gasteiger partial charge < -0.3 is 10.5 Å². The van der Waals surface area contributed by atoms with Gasteiger partial charge in [0.2, 0.25) is 0 Å². The van der Waals surface area contributed by atoms with E-state index >= 15 is 0 Å². The Kier molecular flexibility index (Phi) is 3.23. The molecule has 1 saturated carbocycles. The van der Waals surface area contributed by atoms with Crippen LogP contribution in [0.1, 0.15) is 38.5 Å². The first kappa shape index (κ1) is 9.47. The predicted octanol–water partition coefficient (Wildman–Crippen LogP) is 1.93. The Morgan fingerprint density at radius 2 is 1.31 bits per heavy atom. The van der Waals surface area contributed by atoms with Crippen LogP contribution in [0.5, 0.6) is 0 Å². The van der Waals surface area contributed by atoms with Gasteiger partial charge in [-0.2, -0.15) is 0 Å². The summed E-state index contributed by atoms with van der Waals surface area (Å²) in [6.07, 6.45) is 7.82. The molecule has 2 nitrogen and oxygen atoms in total. The topological polar surface area (TPSA) is 35.2 Å². The summed E-state index contributed by atoms with van der Waals surface area (Å²) in [5.41, 5.74) is 5.90. The van der Waals surface area contributed by atoms with Crippen molar-refractivity contribution < 1.29 is 4.74 Å². The summed E-state index contributed by atoms with van der Waals surface area (Å²) in [5, 5.41) is 0. The van der Waals surface area contributed by atoms with Crippen molar-refractivity contribution >= 4 is 0 Å². The molecule has 0 aromatic rings. The quantitative estimate of drug-likeness (QED) is 0.674. The van der Waals surface area contributed by atoms with E-state index in [1.54, 1.807) is 0 Å². The lowest BCUT2D eigenvalue weighted by molar-refractivity contribution is 0.0380. The van der Waals surface area contributed by atoms with Crippen molar-refractivity contribution in [3.8, 4) is 0 Å². The van der Waals surface area contributed by atoms with Crippen LogP contribution in [0.2, 0.25) is 0 Å². The van der Waals surface area contributed by atoms with Gasteiger partial charge in [0.1, 0.15) is 0 Å². The van der Waals surface area contributed by atoms with Gasteiger partial charge in [0.15, 0.2) is 0 Å². The number of hydrogen-bond donors (Lipinski definition) is 1. The van der Waals surface area contributed by atoms with Crippen LogP contribution < -0.4 is 5.73 Å². The van der Waals surface area contributed by atoms with Crippen molar-refractivity contribution in [3.05, 3.63) is 0 Å². The van der Waals surface area contributed by atoms with Crippen LogP contribution in [0.3, 0.4) is 0 Å². The molecule has 2 aliphatic rings. The second kappa shape index (κ2) is 4.43. The third-order valence-electron chi connectivity index (χ3n) is 3.75. The molecule has 2 fully saturated rings. The summed E-state index contributed by atoms with van der Waals surface area (Å²) in [4.78, 5) is 0. The van der Waals surface area contributed by atoms with Crippen molar-refractivity contribution in [1.82, 2.24) is 0 Å². The summed E-state index contributed by atoms with van der Waals surface area (Å²) in [6, 6.07) is 0.496. The van der Waals surface area contributed by atoms with Crippen LogP contribution in [-0.2, 0) is 4.74 Å². The first-order valence-electron chi connectivity index (χ1n) is 5.69. The molecule has 0 spiro atoms. The Labute approximate surface area is 80.8 Å². The molecular weight excluding hydrogens is 162 g/mol. The van der Waals surface area contributed by atoms with Crippen LogP contribution in [0.25, 0.3) is 0 Å². The third-order valence-corrected chi connectivity index (χ3v) is 3.75. The van der Waals surface area contributed by atoms with Crippen molar-refractivity contribution in [2.75, 3.05) is 13.2 Å². The summed E-state index contributed by atoms with van der Waals surface area (Å²) < 4.78 is 5.39. The molecule has 1 aliphatic carbocycles. The highest BCUT2D eigenvalue weighted by atomic mass is 16.5. The minimum atomic E-state index is 0.496. The van der Waals surface area contributed by atoms with Gasteiger partial charge in [-0.05, 0) is 50.4 Å². The third kappa shape index (κ3) is 2.44. The van der Waals surface area contributed by atoms with E-state index in [2.05, 4.69) is 0 Å². The highest BCUT2D eigenvalue weighted by Crippen LogP contribution is 2.34.